The molecule has 0 amide bonds. The second kappa shape index (κ2) is 12.8. The second-order valence-corrected chi connectivity index (χ2v) is 6.98. The van der Waals surface area contributed by atoms with Crippen molar-refractivity contribution in [1.29, 1.82) is 0 Å². The van der Waals surface area contributed by atoms with Crippen LogP contribution < -0.4 is 0 Å². The minimum atomic E-state index is -0.675. The van der Waals surface area contributed by atoms with Gasteiger partial charge in [0.1, 0.15) is 11.7 Å². The lowest BCUT2D eigenvalue weighted by molar-refractivity contribution is -0.155. The normalized spacial score (nSPS) is 19.9. The molecule has 0 aliphatic carbocycles. The van der Waals surface area contributed by atoms with E-state index < -0.39 is 11.9 Å². The average molecular weight is 366 g/mol. The monoisotopic (exact) mass is 366 g/mol. The van der Waals surface area contributed by atoms with Gasteiger partial charge in [-0.05, 0) is 59.3 Å². The minimum Gasteiger partial charge on any atom is -0.468 e. The van der Waals surface area contributed by atoms with Crippen LogP contribution in [0.3, 0.4) is 0 Å². The molecule has 5 nitrogen and oxygen atoms in total. The van der Waals surface area contributed by atoms with Crippen LogP contribution in [0.1, 0.15) is 65.7 Å². The average Bonchev–Trinajstić information content (AvgIpc) is 2.65. The van der Waals surface area contributed by atoms with Crippen LogP contribution in [0.5, 0.6) is 0 Å². The van der Waals surface area contributed by atoms with E-state index in [9.17, 15) is 9.59 Å². The molecule has 0 aromatic rings. The van der Waals surface area contributed by atoms with Gasteiger partial charge in [-0.25, -0.2) is 0 Å². The molecule has 26 heavy (non-hydrogen) atoms. The molecule has 0 bridgehead atoms. The van der Waals surface area contributed by atoms with Crippen molar-refractivity contribution in [3.8, 4) is 0 Å². The van der Waals surface area contributed by atoms with E-state index in [2.05, 4.69) is 23.8 Å². The molecule has 1 rings (SSSR count). The molecule has 2 unspecified atom stereocenters. The molecule has 0 saturated carbocycles. The number of hydrogen-bond donors (Lipinski definition) is 0. The first kappa shape index (κ1) is 22.6. The second-order valence-electron chi connectivity index (χ2n) is 6.98. The maximum absolute atomic E-state index is 11.9. The van der Waals surface area contributed by atoms with Crippen molar-refractivity contribution in [2.24, 2.45) is 5.92 Å². The summed E-state index contributed by atoms with van der Waals surface area (Å²) < 4.78 is 15.9. The highest BCUT2D eigenvalue weighted by atomic mass is 16.7. The Hall–Kier alpha value is -1.46. The van der Waals surface area contributed by atoms with Crippen LogP contribution in [0.2, 0.25) is 0 Å². The summed E-state index contributed by atoms with van der Waals surface area (Å²) in [6.45, 7) is 7.13. The van der Waals surface area contributed by atoms with E-state index in [0.29, 0.717) is 19.4 Å². The number of ketones is 1. The van der Waals surface area contributed by atoms with Crippen molar-refractivity contribution >= 4 is 11.8 Å². The first-order valence-corrected chi connectivity index (χ1v) is 9.59. The minimum absolute atomic E-state index is 0.0418. The van der Waals surface area contributed by atoms with Crippen molar-refractivity contribution in [1.82, 2.24) is 0 Å². The molecule has 0 radical (unpaired) electrons. The molecule has 5 heteroatoms. The molecule has 148 valence electrons. The molecule has 1 saturated heterocycles. The van der Waals surface area contributed by atoms with Crippen LogP contribution >= 0.6 is 0 Å². The highest BCUT2D eigenvalue weighted by molar-refractivity contribution is 5.98. The van der Waals surface area contributed by atoms with E-state index >= 15 is 0 Å². The van der Waals surface area contributed by atoms with E-state index in [1.807, 2.05) is 6.92 Å². The number of methoxy groups -OCH3 is 1. The van der Waals surface area contributed by atoms with Crippen LogP contribution in [-0.4, -0.2) is 38.4 Å². The number of carbonyl (C=O) groups excluding carboxylic acids is 2. The van der Waals surface area contributed by atoms with Gasteiger partial charge < -0.3 is 14.2 Å². The lowest BCUT2D eigenvalue weighted by Gasteiger charge is -2.22. The van der Waals surface area contributed by atoms with Gasteiger partial charge in [0.2, 0.25) is 0 Å². The highest BCUT2D eigenvalue weighted by Gasteiger charge is 2.21. The maximum atomic E-state index is 11.9. The number of allylic oxidation sites excluding steroid dienone is 3. The fourth-order valence-electron chi connectivity index (χ4n) is 2.74. The molecular formula is C21H34O5. The molecule has 0 spiro atoms. The third-order valence-electron chi connectivity index (χ3n) is 4.69. The first-order chi connectivity index (χ1) is 12.4. The van der Waals surface area contributed by atoms with Gasteiger partial charge in [0.25, 0.3) is 0 Å². The molecular weight excluding hydrogens is 332 g/mol. The van der Waals surface area contributed by atoms with Gasteiger partial charge in [-0.2, -0.15) is 0 Å². The predicted octanol–water partition coefficient (Wildman–Crippen LogP) is 4.36. The highest BCUT2D eigenvalue weighted by Crippen LogP contribution is 2.15. The van der Waals surface area contributed by atoms with E-state index in [0.717, 1.165) is 32.3 Å². The third kappa shape index (κ3) is 9.30. The summed E-state index contributed by atoms with van der Waals surface area (Å²) in [5.41, 5.74) is 2.47. The summed E-state index contributed by atoms with van der Waals surface area (Å²) in [6, 6.07) is 0. The Morgan fingerprint density at radius 1 is 1.12 bits per heavy atom. The van der Waals surface area contributed by atoms with Gasteiger partial charge in [0, 0.05) is 13.0 Å². The number of carbonyl (C=O) groups is 2. The van der Waals surface area contributed by atoms with Crippen LogP contribution in [-0.2, 0) is 23.8 Å². The fraction of sp³-hybridized carbons (Fsp3) is 0.714. The first-order valence-electron chi connectivity index (χ1n) is 9.59. The molecule has 1 aliphatic rings. The standard InChI is InChI=1S/C21H34O5/c1-16(11-12-19(22)18(3)21(23)24-4)8-7-9-17(2)13-15-26-20-10-5-6-14-25-20/h8,13,18,20H,5-7,9-12,14-15H2,1-4H3/b16-8+,17-13+. The summed E-state index contributed by atoms with van der Waals surface area (Å²) in [5, 5.41) is 0. The van der Waals surface area contributed by atoms with Gasteiger partial charge in [0.05, 0.1) is 13.7 Å². The van der Waals surface area contributed by atoms with Crippen molar-refractivity contribution in [2.45, 2.75) is 72.0 Å². The summed E-state index contributed by atoms with van der Waals surface area (Å²) in [7, 11) is 1.31. The van der Waals surface area contributed by atoms with E-state index in [1.54, 1.807) is 6.92 Å². The smallest absolute Gasteiger partial charge is 0.315 e. The Labute approximate surface area is 157 Å². The number of rotatable bonds is 11. The molecule has 2 atom stereocenters. The van der Waals surface area contributed by atoms with Crippen LogP contribution in [0.4, 0.5) is 0 Å². The largest absolute Gasteiger partial charge is 0.468 e. The van der Waals surface area contributed by atoms with Gasteiger partial charge in [0.15, 0.2) is 6.29 Å². The summed E-state index contributed by atoms with van der Waals surface area (Å²) in [5.74, 6) is -1.20. The van der Waals surface area contributed by atoms with Crippen molar-refractivity contribution in [3.63, 3.8) is 0 Å². The molecule has 1 fully saturated rings. The van der Waals surface area contributed by atoms with Gasteiger partial charge >= 0.3 is 5.97 Å². The van der Waals surface area contributed by atoms with Crippen molar-refractivity contribution < 1.29 is 23.8 Å². The van der Waals surface area contributed by atoms with Crippen LogP contribution in [0.15, 0.2) is 23.3 Å². The lowest BCUT2D eigenvalue weighted by Crippen LogP contribution is -2.22. The topological polar surface area (TPSA) is 61.8 Å². The maximum Gasteiger partial charge on any atom is 0.315 e. The zero-order chi connectivity index (χ0) is 19.4. The number of esters is 1. The number of ether oxygens (including phenoxy) is 3. The third-order valence-corrected chi connectivity index (χ3v) is 4.69. The molecule has 0 aromatic heterocycles. The van der Waals surface area contributed by atoms with E-state index in [-0.39, 0.29) is 12.1 Å². The molecule has 0 aromatic carbocycles. The Kier molecular flexibility index (Phi) is 11.1. The van der Waals surface area contributed by atoms with Gasteiger partial charge in [-0.1, -0.05) is 23.3 Å². The number of hydrogen-bond acceptors (Lipinski definition) is 5. The number of Topliss-reactive ketones (excluding diaryl/α,β-unsaturated/α-hetero) is 1. The Bertz CT molecular complexity index is 501. The lowest BCUT2D eigenvalue weighted by atomic mass is 9.99. The van der Waals surface area contributed by atoms with E-state index in [4.69, 9.17) is 9.47 Å². The Morgan fingerprint density at radius 2 is 1.85 bits per heavy atom. The van der Waals surface area contributed by atoms with E-state index in [1.165, 1.54) is 24.7 Å². The molecule has 0 N–H and O–H groups in total. The van der Waals surface area contributed by atoms with Crippen LogP contribution in [0, 0.1) is 5.92 Å². The Morgan fingerprint density at radius 3 is 2.50 bits per heavy atom. The zero-order valence-electron chi connectivity index (χ0n) is 16.7. The Balaban J connectivity index is 2.21. The quantitative estimate of drug-likeness (QED) is 0.309. The predicted molar refractivity (Wildman–Crippen MR) is 102 cm³/mol. The van der Waals surface area contributed by atoms with Gasteiger partial charge in [-0.3, -0.25) is 9.59 Å². The summed E-state index contributed by atoms with van der Waals surface area (Å²) in [6.07, 6.45) is 10.5. The van der Waals surface area contributed by atoms with Crippen LogP contribution in [0.25, 0.3) is 0 Å². The molecule has 1 heterocycles. The summed E-state index contributed by atoms with van der Waals surface area (Å²) in [4.78, 5) is 23.3. The fourth-order valence-corrected chi connectivity index (χ4v) is 2.74. The van der Waals surface area contributed by atoms with Crippen molar-refractivity contribution in [3.05, 3.63) is 23.3 Å². The van der Waals surface area contributed by atoms with Gasteiger partial charge in [-0.15, -0.1) is 0 Å². The molecule has 1 aliphatic heterocycles. The zero-order valence-corrected chi connectivity index (χ0v) is 16.7. The SMILES string of the molecule is COC(=O)C(C)C(=O)CC/C(C)=C/CC/C(C)=C/COC1CCCCO1. The van der Waals surface area contributed by atoms with Crippen molar-refractivity contribution in [2.75, 3.05) is 20.3 Å². The summed E-state index contributed by atoms with van der Waals surface area (Å²) >= 11 is 0.